The van der Waals surface area contributed by atoms with Gasteiger partial charge < -0.3 is 25.2 Å². The Morgan fingerprint density at radius 3 is 2.27 bits per heavy atom. The predicted octanol–water partition coefficient (Wildman–Crippen LogP) is 1.43. The van der Waals surface area contributed by atoms with E-state index in [4.69, 9.17) is 4.74 Å². The quantitative estimate of drug-likeness (QED) is 0.474. The number of nitrogens with zero attached hydrogens (tertiary/aromatic N) is 3. The highest BCUT2D eigenvalue weighted by Crippen LogP contribution is 2.33. The first-order chi connectivity index (χ1) is 17.2. The number of carbonyl (C=O) groups is 4. The van der Waals surface area contributed by atoms with Crippen molar-refractivity contribution in [3.63, 3.8) is 0 Å². The molecule has 0 radical (unpaired) electrons. The number of likely N-dealkylation sites (N-methyl/N-ethyl adjacent to an activating group) is 1. The molecular formula is C26H44N4O7. The molecule has 6 atom stereocenters. The molecule has 3 amide bonds. The Morgan fingerprint density at radius 1 is 1.08 bits per heavy atom. The van der Waals surface area contributed by atoms with E-state index in [9.17, 15) is 29.4 Å². The lowest BCUT2D eigenvalue weighted by atomic mass is 9.82. The third kappa shape index (κ3) is 6.73. The number of rotatable bonds is 6. The second-order valence-corrected chi connectivity index (χ2v) is 11.9. The van der Waals surface area contributed by atoms with Crippen molar-refractivity contribution in [2.75, 3.05) is 20.1 Å². The van der Waals surface area contributed by atoms with Gasteiger partial charge in [0.2, 0.25) is 11.8 Å². The number of amides is 3. The standard InChI is InChI=1S/C26H44N4O7/c1-15-19-12-18(31)13-29(19)14-20(24(34)35)30(15)23(33)21(17-10-8-7-9-11-17)27-22(32)16(2)28(6)25(36)37-26(3,4)5/h15-21,31H,7-14H2,1-6H3,(H,27,32)(H,34,35)/t15?,16-,18+,19+,20-,21-/m0/s1. The first-order valence-electron chi connectivity index (χ1n) is 13.4. The Labute approximate surface area is 219 Å². The largest absolute Gasteiger partial charge is 0.480 e. The van der Waals surface area contributed by atoms with Crippen LogP contribution in [0.25, 0.3) is 0 Å². The van der Waals surface area contributed by atoms with Crippen LogP contribution in [0.15, 0.2) is 0 Å². The zero-order valence-corrected chi connectivity index (χ0v) is 23.0. The van der Waals surface area contributed by atoms with Gasteiger partial charge in [-0.1, -0.05) is 19.3 Å². The van der Waals surface area contributed by atoms with Gasteiger partial charge in [-0.3, -0.25) is 19.4 Å². The van der Waals surface area contributed by atoms with Crippen molar-refractivity contribution in [3.05, 3.63) is 0 Å². The topological polar surface area (TPSA) is 140 Å². The Hall–Kier alpha value is -2.40. The van der Waals surface area contributed by atoms with Gasteiger partial charge in [0.05, 0.1) is 6.10 Å². The zero-order chi connectivity index (χ0) is 27.7. The van der Waals surface area contributed by atoms with Gasteiger partial charge in [0.1, 0.15) is 23.7 Å². The number of nitrogens with one attached hydrogen (secondary N) is 1. The average Bonchev–Trinajstić information content (AvgIpc) is 3.21. The second kappa shape index (κ2) is 11.6. The van der Waals surface area contributed by atoms with E-state index in [0.717, 1.165) is 32.1 Å². The number of carbonyl (C=O) groups excluding carboxylic acids is 3. The van der Waals surface area contributed by atoms with E-state index in [0.29, 0.717) is 13.0 Å². The van der Waals surface area contributed by atoms with E-state index in [1.165, 1.54) is 16.8 Å². The molecule has 0 bridgehead atoms. The number of carboxylic acid groups (broad SMARTS) is 1. The van der Waals surface area contributed by atoms with E-state index in [1.807, 2.05) is 11.8 Å². The Morgan fingerprint density at radius 2 is 1.70 bits per heavy atom. The maximum Gasteiger partial charge on any atom is 0.410 e. The lowest BCUT2D eigenvalue weighted by Gasteiger charge is -2.48. The van der Waals surface area contributed by atoms with Gasteiger partial charge in [0.25, 0.3) is 0 Å². The van der Waals surface area contributed by atoms with Crippen molar-refractivity contribution >= 4 is 23.9 Å². The van der Waals surface area contributed by atoms with E-state index in [-0.39, 0.29) is 18.5 Å². The van der Waals surface area contributed by atoms with E-state index in [2.05, 4.69) is 5.32 Å². The minimum atomic E-state index is -1.10. The highest BCUT2D eigenvalue weighted by atomic mass is 16.6. The summed E-state index contributed by atoms with van der Waals surface area (Å²) in [4.78, 5) is 56.8. The van der Waals surface area contributed by atoms with Crippen LogP contribution in [0.3, 0.4) is 0 Å². The number of ether oxygens (including phenoxy) is 1. The number of aliphatic hydroxyl groups excluding tert-OH is 1. The van der Waals surface area contributed by atoms with Crippen molar-refractivity contribution in [1.29, 1.82) is 0 Å². The Balaban J connectivity index is 1.84. The highest BCUT2D eigenvalue weighted by molar-refractivity contribution is 5.93. The lowest BCUT2D eigenvalue weighted by Crippen LogP contribution is -2.68. The summed E-state index contributed by atoms with van der Waals surface area (Å²) in [7, 11) is 1.48. The average molecular weight is 525 g/mol. The van der Waals surface area contributed by atoms with Crippen LogP contribution in [-0.4, -0.2) is 111 Å². The van der Waals surface area contributed by atoms with Crippen LogP contribution in [0.4, 0.5) is 4.79 Å². The van der Waals surface area contributed by atoms with Crippen LogP contribution in [0.1, 0.15) is 73.1 Å². The molecule has 3 N–H and O–H groups in total. The number of carboxylic acids is 1. The van der Waals surface area contributed by atoms with E-state index >= 15 is 0 Å². The number of aliphatic hydroxyl groups is 1. The molecule has 1 aliphatic carbocycles. The molecule has 0 aromatic heterocycles. The molecule has 11 heteroatoms. The van der Waals surface area contributed by atoms with Gasteiger partial charge in [-0.15, -0.1) is 0 Å². The molecule has 0 spiro atoms. The zero-order valence-electron chi connectivity index (χ0n) is 23.0. The van der Waals surface area contributed by atoms with Crippen LogP contribution in [0, 0.1) is 5.92 Å². The molecule has 0 aromatic carbocycles. The minimum absolute atomic E-state index is 0.127. The van der Waals surface area contributed by atoms with Crippen LogP contribution < -0.4 is 5.32 Å². The summed E-state index contributed by atoms with van der Waals surface area (Å²) in [5.74, 6) is -2.13. The normalized spacial score (nSPS) is 28.7. The van der Waals surface area contributed by atoms with Gasteiger partial charge in [-0.25, -0.2) is 9.59 Å². The molecule has 3 rings (SSSR count). The molecule has 37 heavy (non-hydrogen) atoms. The fourth-order valence-electron chi connectivity index (χ4n) is 5.90. The molecule has 1 saturated carbocycles. The highest BCUT2D eigenvalue weighted by Gasteiger charge is 2.50. The van der Waals surface area contributed by atoms with Crippen molar-refractivity contribution in [2.45, 2.75) is 115 Å². The van der Waals surface area contributed by atoms with Crippen LogP contribution in [0.5, 0.6) is 0 Å². The Kier molecular flexibility index (Phi) is 9.10. The summed E-state index contributed by atoms with van der Waals surface area (Å²) in [5.41, 5.74) is -0.722. The van der Waals surface area contributed by atoms with Gasteiger partial charge in [0.15, 0.2) is 0 Å². The molecule has 1 unspecified atom stereocenters. The summed E-state index contributed by atoms with van der Waals surface area (Å²) in [6, 6.07) is -3.46. The molecule has 11 nitrogen and oxygen atoms in total. The van der Waals surface area contributed by atoms with E-state index < -0.39 is 59.7 Å². The lowest BCUT2D eigenvalue weighted by molar-refractivity contribution is -0.161. The van der Waals surface area contributed by atoms with Crippen LogP contribution in [-0.2, 0) is 19.1 Å². The molecule has 2 aliphatic heterocycles. The van der Waals surface area contributed by atoms with Crippen molar-refractivity contribution < 1.29 is 34.1 Å². The molecule has 3 aliphatic rings. The van der Waals surface area contributed by atoms with Crippen molar-refractivity contribution in [2.24, 2.45) is 5.92 Å². The molecular weight excluding hydrogens is 480 g/mol. The minimum Gasteiger partial charge on any atom is -0.480 e. The second-order valence-electron chi connectivity index (χ2n) is 11.9. The van der Waals surface area contributed by atoms with Crippen LogP contribution in [0.2, 0.25) is 0 Å². The summed E-state index contributed by atoms with van der Waals surface area (Å²) in [6.45, 7) is 9.14. The van der Waals surface area contributed by atoms with Gasteiger partial charge >= 0.3 is 12.1 Å². The van der Waals surface area contributed by atoms with Crippen LogP contribution >= 0.6 is 0 Å². The summed E-state index contributed by atoms with van der Waals surface area (Å²) >= 11 is 0. The first-order valence-corrected chi connectivity index (χ1v) is 13.4. The number of piperazine rings is 1. The van der Waals surface area contributed by atoms with Gasteiger partial charge in [-0.2, -0.15) is 0 Å². The number of hydrogen-bond acceptors (Lipinski definition) is 7. The predicted molar refractivity (Wildman–Crippen MR) is 136 cm³/mol. The Bertz CT molecular complexity index is 869. The van der Waals surface area contributed by atoms with E-state index in [1.54, 1.807) is 27.7 Å². The monoisotopic (exact) mass is 524 g/mol. The third-order valence-corrected chi connectivity index (χ3v) is 8.03. The smallest absolute Gasteiger partial charge is 0.410 e. The maximum atomic E-state index is 14.1. The summed E-state index contributed by atoms with van der Waals surface area (Å²) in [6.07, 6.45) is 3.67. The molecule has 3 fully saturated rings. The number of hydrogen-bond donors (Lipinski definition) is 3. The summed E-state index contributed by atoms with van der Waals surface area (Å²) in [5, 5.41) is 23.1. The van der Waals surface area contributed by atoms with Gasteiger partial charge in [-0.05, 0) is 59.8 Å². The first kappa shape index (κ1) is 29.2. The number of aliphatic carboxylic acids is 1. The molecule has 2 saturated heterocycles. The maximum absolute atomic E-state index is 14.1. The molecule has 210 valence electrons. The van der Waals surface area contributed by atoms with Gasteiger partial charge in [0, 0.05) is 32.2 Å². The summed E-state index contributed by atoms with van der Waals surface area (Å²) < 4.78 is 5.38. The SMILES string of the molecule is CC1[C@H]2C[C@@H](O)CN2C[C@@H](C(=O)O)N1C(=O)[C@@H](NC(=O)[C@H](C)N(C)C(=O)OC(C)(C)C)C1CCCCC1. The molecule has 2 heterocycles. The number of fused-ring (bicyclic) bond motifs is 1. The molecule has 0 aromatic rings. The third-order valence-electron chi connectivity index (χ3n) is 8.03. The fourth-order valence-corrected chi connectivity index (χ4v) is 5.90. The van der Waals surface area contributed by atoms with Crippen molar-refractivity contribution in [1.82, 2.24) is 20.0 Å². The fraction of sp³-hybridized carbons (Fsp3) is 0.846. The van der Waals surface area contributed by atoms with Crippen molar-refractivity contribution in [3.8, 4) is 0 Å².